The van der Waals surface area contributed by atoms with E-state index in [2.05, 4.69) is 5.32 Å². The lowest BCUT2D eigenvalue weighted by Gasteiger charge is -2.16. The molecule has 0 radical (unpaired) electrons. The van der Waals surface area contributed by atoms with Gasteiger partial charge in [0.25, 0.3) is 5.91 Å². The monoisotopic (exact) mass is 362 g/mol. The zero-order valence-electron chi connectivity index (χ0n) is 13.3. The van der Waals surface area contributed by atoms with Gasteiger partial charge in [0.1, 0.15) is 5.82 Å². The Hall–Kier alpha value is -2.74. The number of sulfonamides is 1. The first-order chi connectivity index (χ1) is 11.8. The first kappa shape index (κ1) is 17.1. The van der Waals surface area contributed by atoms with Gasteiger partial charge in [-0.25, -0.2) is 17.1 Å². The molecule has 1 aliphatic rings. The average Bonchev–Trinajstić information content (AvgIpc) is 2.77. The highest BCUT2D eigenvalue weighted by Crippen LogP contribution is 2.29. The third-order valence-electron chi connectivity index (χ3n) is 3.83. The van der Waals surface area contributed by atoms with E-state index in [1.54, 1.807) is 6.07 Å². The molecular weight excluding hydrogens is 347 g/mol. The average molecular weight is 362 g/mol. The summed E-state index contributed by atoms with van der Waals surface area (Å²) in [5.41, 5.74) is 0.218. The third kappa shape index (κ3) is 3.25. The molecule has 2 amide bonds. The summed E-state index contributed by atoms with van der Waals surface area (Å²) in [7, 11) is -3.75. The Balaban J connectivity index is 1.91. The molecule has 0 bridgehead atoms. The molecule has 1 fully saturated rings. The molecule has 1 aliphatic heterocycles. The number of nitrogens with zero attached hydrogens (tertiary/aromatic N) is 1. The molecule has 3 rings (SSSR count). The maximum absolute atomic E-state index is 13.6. The van der Waals surface area contributed by atoms with Gasteiger partial charge in [-0.2, -0.15) is 0 Å². The van der Waals surface area contributed by atoms with Gasteiger partial charge in [0.05, 0.1) is 23.0 Å². The van der Waals surface area contributed by atoms with Crippen molar-refractivity contribution in [2.75, 3.05) is 15.4 Å². The molecule has 8 heteroatoms. The summed E-state index contributed by atoms with van der Waals surface area (Å²) in [4.78, 5) is 24.4. The number of para-hydroxylation sites is 1. The smallest absolute Gasteiger partial charge is 0.255 e. The second kappa shape index (κ2) is 6.29. The highest BCUT2D eigenvalue weighted by Gasteiger charge is 2.42. The minimum absolute atomic E-state index is 0.0106. The molecule has 0 aliphatic carbocycles. The molecule has 130 valence electrons. The molecule has 1 saturated heterocycles. The molecule has 6 nitrogen and oxygen atoms in total. The van der Waals surface area contributed by atoms with Crippen molar-refractivity contribution in [3.05, 3.63) is 59.9 Å². The zero-order chi connectivity index (χ0) is 18.2. The number of benzene rings is 2. The number of hydrogen-bond acceptors (Lipinski definition) is 4. The second-order valence-corrected chi connectivity index (χ2v) is 7.63. The number of hydrogen-bond donors (Lipinski definition) is 1. The van der Waals surface area contributed by atoms with E-state index in [0.29, 0.717) is 0 Å². The predicted octanol–water partition coefficient (Wildman–Crippen LogP) is 2.39. The zero-order valence-corrected chi connectivity index (χ0v) is 14.1. The largest absolute Gasteiger partial charge is 0.319 e. The summed E-state index contributed by atoms with van der Waals surface area (Å²) in [6.45, 7) is 1.54. The molecule has 2 aromatic rings. The van der Waals surface area contributed by atoms with Crippen LogP contribution in [0.4, 0.5) is 15.8 Å². The van der Waals surface area contributed by atoms with Gasteiger partial charge in [-0.05, 0) is 30.3 Å². The van der Waals surface area contributed by atoms with Gasteiger partial charge in [0.15, 0.2) is 0 Å². The fourth-order valence-electron chi connectivity index (χ4n) is 2.62. The van der Waals surface area contributed by atoms with Gasteiger partial charge in [-0.3, -0.25) is 9.59 Å². The first-order valence-electron chi connectivity index (χ1n) is 7.52. The summed E-state index contributed by atoms with van der Waals surface area (Å²) < 4.78 is 38.7. The Morgan fingerprint density at radius 2 is 1.92 bits per heavy atom. The molecule has 2 aromatic carbocycles. The minimum Gasteiger partial charge on any atom is -0.319 e. The molecule has 0 spiro atoms. The van der Waals surface area contributed by atoms with Crippen molar-refractivity contribution in [2.45, 2.75) is 6.92 Å². The Morgan fingerprint density at radius 1 is 1.20 bits per heavy atom. The Labute approximate surface area is 144 Å². The molecule has 25 heavy (non-hydrogen) atoms. The highest BCUT2D eigenvalue weighted by atomic mass is 32.2. The van der Waals surface area contributed by atoms with Gasteiger partial charge in [-0.1, -0.05) is 25.1 Å². The van der Waals surface area contributed by atoms with E-state index in [9.17, 15) is 22.4 Å². The van der Waals surface area contributed by atoms with Crippen molar-refractivity contribution >= 4 is 33.2 Å². The van der Waals surface area contributed by atoms with Crippen LogP contribution in [0.15, 0.2) is 48.5 Å². The number of halogens is 1. The first-order valence-corrected chi connectivity index (χ1v) is 9.13. The van der Waals surface area contributed by atoms with Crippen LogP contribution < -0.4 is 9.62 Å². The lowest BCUT2D eigenvalue weighted by molar-refractivity contribution is -0.119. The molecule has 0 aromatic heterocycles. The molecular formula is C17H15FN2O4S. The van der Waals surface area contributed by atoms with E-state index in [1.807, 2.05) is 0 Å². The van der Waals surface area contributed by atoms with Crippen LogP contribution in [0.2, 0.25) is 0 Å². The highest BCUT2D eigenvalue weighted by molar-refractivity contribution is 7.94. The van der Waals surface area contributed by atoms with E-state index in [0.717, 1.165) is 4.31 Å². The summed E-state index contributed by atoms with van der Waals surface area (Å²) >= 11 is 0. The predicted molar refractivity (Wildman–Crippen MR) is 91.2 cm³/mol. The normalized spacial score (nSPS) is 19.0. The Morgan fingerprint density at radius 3 is 2.56 bits per heavy atom. The number of anilines is 2. The molecule has 0 unspecified atom stereocenters. The van der Waals surface area contributed by atoms with Gasteiger partial charge < -0.3 is 5.32 Å². The van der Waals surface area contributed by atoms with E-state index < -0.39 is 33.6 Å². The third-order valence-corrected chi connectivity index (χ3v) is 5.69. The van der Waals surface area contributed by atoms with Gasteiger partial charge >= 0.3 is 0 Å². The molecule has 0 saturated carbocycles. The van der Waals surface area contributed by atoms with Crippen LogP contribution in [0.5, 0.6) is 0 Å². The van der Waals surface area contributed by atoms with Crippen molar-refractivity contribution in [1.29, 1.82) is 0 Å². The van der Waals surface area contributed by atoms with Crippen LogP contribution in [-0.2, 0) is 14.8 Å². The van der Waals surface area contributed by atoms with E-state index >= 15 is 0 Å². The van der Waals surface area contributed by atoms with Crippen molar-refractivity contribution in [1.82, 2.24) is 0 Å². The van der Waals surface area contributed by atoms with Crippen molar-refractivity contribution in [3.8, 4) is 0 Å². The Kier molecular flexibility index (Phi) is 4.30. The van der Waals surface area contributed by atoms with Crippen LogP contribution in [0.3, 0.4) is 0 Å². The number of carbonyl (C=O) groups is 2. The van der Waals surface area contributed by atoms with Gasteiger partial charge in [0, 0.05) is 5.56 Å². The summed E-state index contributed by atoms with van der Waals surface area (Å²) in [6, 6.07) is 11.4. The maximum atomic E-state index is 13.6. The number of carbonyl (C=O) groups excluding carboxylic acids is 2. The number of amides is 2. The SMILES string of the molecule is C[C@H]1CS(=O)(=O)N(c2cccc(C(=O)Nc3ccccc3F)c2)C1=O. The fraction of sp³-hybridized carbons (Fsp3) is 0.176. The van der Waals surface area contributed by atoms with E-state index in [-0.39, 0.29) is 22.7 Å². The van der Waals surface area contributed by atoms with Crippen molar-refractivity contribution < 1.29 is 22.4 Å². The number of nitrogens with one attached hydrogen (secondary N) is 1. The molecule has 1 heterocycles. The van der Waals surface area contributed by atoms with Crippen LogP contribution in [0, 0.1) is 11.7 Å². The molecule has 1 N–H and O–H groups in total. The molecule has 1 atom stereocenters. The lowest BCUT2D eigenvalue weighted by Crippen LogP contribution is -2.30. The van der Waals surface area contributed by atoms with Crippen LogP contribution >= 0.6 is 0 Å². The van der Waals surface area contributed by atoms with E-state index in [4.69, 9.17) is 0 Å². The summed E-state index contributed by atoms with van der Waals surface area (Å²) in [5.74, 6) is -2.63. The topological polar surface area (TPSA) is 83.6 Å². The number of rotatable bonds is 3. The van der Waals surface area contributed by atoms with Crippen LogP contribution in [0.1, 0.15) is 17.3 Å². The lowest BCUT2D eigenvalue weighted by atomic mass is 10.1. The maximum Gasteiger partial charge on any atom is 0.255 e. The summed E-state index contributed by atoms with van der Waals surface area (Å²) in [6.07, 6.45) is 0. The Bertz CT molecular complexity index is 959. The summed E-state index contributed by atoms with van der Waals surface area (Å²) in [5, 5.41) is 2.42. The fourth-order valence-corrected chi connectivity index (χ4v) is 4.43. The quantitative estimate of drug-likeness (QED) is 0.909. The second-order valence-electron chi connectivity index (χ2n) is 5.77. The standard InChI is InChI=1S/C17H15FN2O4S/c1-11-10-25(23,24)20(17(11)22)13-6-4-5-12(9-13)16(21)19-15-8-3-2-7-14(15)18/h2-9,11H,10H2,1H3,(H,19,21)/t11-/m0/s1. The van der Waals surface area contributed by atoms with Crippen LogP contribution in [-0.4, -0.2) is 26.0 Å². The minimum atomic E-state index is -3.75. The van der Waals surface area contributed by atoms with E-state index in [1.165, 1.54) is 49.4 Å². The van der Waals surface area contributed by atoms with Crippen LogP contribution in [0.25, 0.3) is 0 Å². The van der Waals surface area contributed by atoms with Gasteiger partial charge in [0.2, 0.25) is 15.9 Å². The van der Waals surface area contributed by atoms with Crippen molar-refractivity contribution in [2.24, 2.45) is 5.92 Å². The van der Waals surface area contributed by atoms with Crippen molar-refractivity contribution in [3.63, 3.8) is 0 Å². The van der Waals surface area contributed by atoms with Gasteiger partial charge in [-0.15, -0.1) is 0 Å².